The molecule has 44 heavy (non-hydrogen) atoms. The normalized spacial score (nSPS) is 19.2. The van der Waals surface area contributed by atoms with Gasteiger partial charge in [0.1, 0.15) is 5.75 Å². The van der Waals surface area contributed by atoms with Crippen LogP contribution in [0.2, 0.25) is 5.02 Å². The van der Waals surface area contributed by atoms with E-state index in [1.165, 1.54) is 94.0 Å². The van der Waals surface area contributed by atoms with Crippen LogP contribution in [0.5, 0.6) is 5.75 Å². The molecular weight excluding hydrogens is 585 g/mol. The topological polar surface area (TPSA) is 19.0 Å². The maximum atomic E-state index is 6.67. The summed E-state index contributed by atoms with van der Waals surface area (Å²) in [6, 6.07) is 15.6. The summed E-state index contributed by atoms with van der Waals surface area (Å²) in [6.07, 6.45) is 10.5. The zero-order chi connectivity index (χ0) is 32.3. The van der Waals surface area contributed by atoms with Gasteiger partial charge in [-0.1, -0.05) is 107 Å². The summed E-state index contributed by atoms with van der Waals surface area (Å²) in [5.41, 5.74) is 4.07. The van der Waals surface area contributed by atoms with Crippen LogP contribution in [0.25, 0.3) is 0 Å². The molecule has 2 aromatic carbocycles. The molecule has 3 aliphatic rings. The summed E-state index contributed by atoms with van der Waals surface area (Å²) in [5.74, 6) is 1.35. The van der Waals surface area contributed by atoms with Gasteiger partial charge in [-0.3, -0.25) is 4.90 Å². The van der Waals surface area contributed by atoms with Gasteiger partial charge in [0.05, 0.1) is 6.61 Å². The Morgan fingerprint density at radius 3 is 2.30 bits per heavy atom. The molecule has 3 heterocycles. The van der Waals surface area contributed by atoms with E-state index in [0.29, 0.717) is 11.1 Å². The van der Waals surface area contributed by atoms with Gasteiger partial charge in [-0.25, -0.2) is 0 Å². The lowest BCUT2D eigenvalue weighted by molar-refractivity contribution is 0.200. The standard InChI is InChI=1S/C26H33ClN2O.C6H15N.C4H5Cl.C2H6/c27-23-11-3-2-9-20(23)22-19-29-17-7-12-24(29)21-10-6-13-25(26(21)22)30-18-8-16-28-14-4-1-5-15-28;1-4-6-7(3)5-2;1-3-4(2)5;1-2/h2-3,6,9-11,13,22,24H,1,4-5,7-8,12,14-19H2;4-6H2,1-3H3;3H,1-2H2;1-2H3/t22-,24+;;;/m1.../s1. The number of allylic oxidation sites excluding steroid dienone is 2. The first-order chi connectivity index (χ1) is 21.4. The highest BCUT2D eigenvalue weighted by molar-refractivity contribution is 6.31. The van der Waals surface area contributed by atoms with Crippen LogP contribution < -0.4 is 4.74 Å². The first-order valence-corrected chi connectivity index (χ1v) is 17.8. The quantitative estimate of drug-likeness (QED) is 0.189. The molecule has 2 aromatic rings. The van der Waals surface area contributed by atoms with E-state index in [-0.39, 0.29) is 5.92 Å². The van der Waals surface area contributed by atoms with Crippen molar-refractivity contribution in [3.8, 4) is 5.75 Å². The van der Waals surface area contributed by atoms with Crippen LogP contribution in [0.1, 0.15) is 101 Å². The van der Waals surface area contributed by atoms with Crippen molar-refractivity contribution < 1.29 is 4.74 Å². The van der Waals surface area contributed by atoms with Gasteiger partial charge in [-0.15, -0.1) is 0 Å². The van der Waals surface area contributed by atoms with Crippen molar-refractivity contribution in [1.29, 1.82) is 0 Å². The monoisotopic (exact) mass is 643 g/mol. The molecule has 246 valence electrons. The number of hydrogen-bond acceptors (Lipinski definition) is 4. The zero-order valence-corrected chi connectivity index (χ0v) is 29.8. The van der Waals surface area contributed by atoms with E-state index in [1.54, 1.807) is 0 Å². The first-order valence-electron chi connectivity index (χ1n) is 17.0. The van der Waals surface area contributed by atoms with Crippen molar-refractivity contribution in [2.24, 2.45) is 0 Å². The van der Waals surface area contributed by atoms with Crippen LogP contribution >= 0.6 is 23.2 Å². The number of hydrogen-bond donors (Lipinski definition) is 0. The van der Waals surface area contributed by atoms with Gasteiger partial charge < -0.3 is 14.5 Å². The summed E-state index contributed by atoms with van der Waals surface area (Å²) < 4.78 is 6.45. The van der Waals surface area contributed by atoms with Crippen molar-refractivity contribution in [3.05, 3.63) is 88.4 Å². The first kappa shape index (κ1) is 38.4. The van der Waals surface area contributed by atoms with Crippen molar-refractivity contribution >= 4 is 23.2 Å². The molecule has 2 atom stereocenters. The van der Waals surface area contributed by atoms with Gasteiger partial charge in [-0.05, 0) is 102 Å². The minimum Gasteiger partial charge on any atom is -0.493 e. The van der Waals surface area contributed by atoms with Gasteiger partial charge in [0, 0.05) is 40.7 Å². The maximum Gasteiger partial charge on any atom is 0.123 e. The van der Waals surface area contributed by atoms with Gasteiger partial charge in [0.25, 0.3) is 0 Å². The third-order valence-electron chi connectivity index (χ3n) is 8.56. The van der Waals surface area contributed by atoms with E-state index in [4.69, 9.17) is 27.9 Å². The molecule has 3 aliphatic heterocycles. The molecule has 6 heteroatoms. The smallest absolute Gasteiger partial charge is 0.123 e. The molecule has 0 spiro atoms. The lowest BCUT2D eigenvalue weighted by atomic mass is 9.81. The summed E-state index contributed by atoms with van der Waals surface area (Å²) in [6.45, 7) is 24.1. The summed E-state index contributed by atoms with van der Waals surface area (Å²) in [5, 5.41) is 1.36. The second-order valence-corrected chi connectivity index (χ2v) is 12.5. The van der Waals surface area contributed by atoms with Gasteiger partial charge in [-0.2, -0.15) is 0 Å². The third kappa shape index (κ3) is 12.2. The summed E-state index contributed by atoms with van der Waals surface area (Å²) in [4.78, 5) is 7.55. The predicted molar refractivity (Wildman–Crippen MR) is 194 cm³/mol. The Balaban J connectivity index is 0.000000408. The van der Waals surface area contributed by atoms with Crippen LogP contribution in [0.3, 0.4) is 0 Å². The van der Waals surface area contributed by atoms with E-state index in [0.717, 1.165) is 36.9 Å². The number of benzene rings is 2. The van der Waals surface area contributed by atoms with Crippen molar-refractivity contribution in [2.75, 3.05) is 59.5 Å². The van der Waals surface area contributed by atoms with Crippen molar-refractivity contribution in [3.63, 3.8) is 0 Å². The maximum absolute atomic E-state index is 6.67. The molecular formula is C38H59Cl2N3O. The molecule has 2 fully saturated rings. The van der Waals surface area contributed by atoms with Gasteiger partial charge in [0.2, 0.25) is 0 Å². The summed E-state index contributed by atoms with van der Waals surface area (Å²) in [7, 11) is 2.14. The van der Waals surface area contributed by atoms with Crippen LogP contribution in [0.4, 0.5) is 0 Å². The molecule has 0 N–H and O–H groups in total. The van der Waals surface area contributed by atoms with Crippen molar-refractivity contribution in [2.45, 2.75) is 84.6 Å². The minimum absolute atomic E-state index is 0.279. The number of rotatable bonds is 10. The number of ether oxygens (including phenoxy) is 1. The van der Waals surface area contributed by atoms with Gasteiger partial charge >= 0.3 is 0 Å². The van der Waals surface area contributed by atoms with Crippen LogP contribution in [-0.2, 0) is 0 Å². The molecule has 0 amide bonds. The lowest BCUT2D eigenvalue weighted by Gasteiger charge is -2.38. The van der Waals surface area contributed by atoms with E-state index in [9.17, 15) is 0 Å². The van der Waals surface area contributed by atoms with Crippen LogP contribution in [0, 0.1) is 0 Å². The SMILES string of the molecule is C=CC(=C)Cl.CC.CCCN(C)CC.Clc1ccccc1[C@H]1CN2CCC[C@H]2c2cccc(OCCCN3CCCCC3)c21. The second-order valence-electron chi connectivity index (χ2n) is 11.6. The van der Waals surface area contributed by atoms with Gasteiger partial charge in [0.15, 0.2) is 0 Å². The average molecular weight is 645 g/mol. The molecule has 0 bridgehead atoms. The molecule has 0 radical (unpaired) electrons. The van der Waals surface area contributed by atoms with Crippen LogP contribution in [0.15, 0.2) is 66.7 Å². The fourth-order valence-electron chi connectivity index (χ4n) is 6.28. The highest BCUT2D eigenvalue weighted by atomic mass is 35.5. The van der Waals surface area contributed by atoms with E-state index < -0.39 is 0 Å². The highest BCUT2D eigenvalue weighted by Gasteiger charge is 2.38. The Bertz CT molecular complexity index is 1100. The Kier molecular flexibility index (Phi) is 19.0. The number of fused-ring (bicyclic) bond motifs is 3. The van der Waals surface area contributed by atoms with E-state index in [2.05, 4.69) is 79.1 Å². The van der Waals surface area contributed by atoms with Crippen LogP contribution in [-0.4, -0.2) is 74.2 Å². The lowest BCUT2D eigenvalue weighted by Crippen LogP contribution is -2.35. The molecule has 0 aromatic heterocycles. The van der Waals surface area contributed by atoms with Crippen molar-refractivity contribution in [1.82, 2.24) is 14.7 Å². The Morgan fingerprint density at radius 1 is 1.00 bits per heavy atom. The van der Waals surface area contributed by atoms with E-state index in [1.807, 2.05) is 26.0 Å². The predicted octanol–water partition coefficient (Wildman–Crippen LogP) is 10.2. The number of piperidine rings is 1. The number of halogens is 2. The molecule has 0 aliphatic carbocycles. The molecule has 0 unspecified atom stereocenters. The fraction of sp³-hybridized carbons (Fsp3) is 0.579. The Hall–Kier alpha value is -1.82. The molecule has 0 saturated carbocycles. The third-order valence-corrected chi connectivity index (χ3v) is 9.06. The second kappa shape index (κ2) is 21.8. The molecule has 5 rings (SSSR count). The zero-order valence-electron chi connectivity index (χ0n) is 28.3. The number of likely N-dealkylation sites (tertiary alicyclic amines) is 1. The fourth-order valence-corrected chi connectivity index (χ4v) is 6.55. The number of nitrogens with zero attached hydrogens (tertiary/aromatic N) is 3. The Morgan fingerprint density at radius 2 is 1.68 bits per heavy atom. The summed E-state index contributed by atoms with van der Waals surface area (Å²) >= 11 is 11.8. The minimum atomic E-state index is 0.279. The molecule has 4 nitrogen and oxygen atoms in total. The largest absolute Gasteiger partial charge is 0.493 e. The Labute approximate surface area is 280 Å². The van der Waals surface area contributed by atoms with E-state index >= 15 is 0 Å². The molecule has 2 saturated heterocycles. The average Bonchev–Trinajstić information content (AvgIpc) is 3.54. The highest BCUT2D eigenvalue weighted by Crippen LogP contribution is 2.48.